The van der Waals surface area contributed by atoms with Gasteiger partial charge >= 0.3 is 0 Å². The molecule has 0 radical (unpaired) electrons. The molecule has 0 aliphatic rings. The molecule has 1 heterocycles. The van der Waals surface area contributed by atoms with Crippen LogP contribution in [0.5, 0.6) is 0 Å². The van der Waals surface area contributed by atoms with E-state index in [1.54, 1.807) is 23.5 Å². The maximum absolute atomic E-state index is 14.2. The molecule has 162 valence electrons. The zero-order chi connectivity index (χ0) is 23.0. The first-order valence-electron chi connectivity index (χ1n) is 11.6. The number of halogens is 2. The predicted molar refractivity (Wildman–Crippen MR) is 146 cm³/mol. The lowest BCUT2D eigenvalue weighted by Gasteiger charge is -2.12. The van der Waals surface area contributed by atoms with Crippen LogP contribution in [-0.2, 0) is 0 Å². The van der Waals surface area contributed by atoms with Crippen LogP contribution in [0.2, 0.25) is 0 Å². The summed E-state index contributed by atoms with van der Waals surface area (Å²) in [6, 6.07) is 27.6. The van der Waals surface area contributed by atoms with Crippen LogP contribution < -0.4 is 0 Å². The van der Waals surface area contributed by atoms with Crippen molar-refractivity contribution in [2.75, 3.05) is 0 Å². The highest BCUT2D eigenvalue weighted by Gasteiger charge is 2.23. The third-order valence-corrected chi connectivity index (χ3v) is 9.04. The van der Waals surface area contributed by atoms with E-state index in [1.807, 2.05) is 18.2 Å². The Hall–Kier alpha value is -4.08. The van der Waals surface area contributed by atoms with Gasteiger partial charge in [0.15, 0.2) is 0 Å². The van der Waals surface area contributed by atoms with Crippen LogP contribution in [0.3, 0.4) is 0 Å². The van der Waals surface area contributed by atoms with Crippen molar-refractivity contribution in [3.8, 4) is 10.4 Å². The summed E-state index contributed by atoms with van der Waals surface area (Å²) in [5.74, 6) is -0.416. The number of benzene rings is 6. The molecule has 8 aromatic carbocycles. The van der Waals surface area contributed by atoms with E-state index < -0.39 is 0 Å². The molecular formula is C32H14F2S. The van der Waals surface area contributed by atoms with Gasteiger partial charge in [0.25, 0.3) is 0 Å². The zero-order valence-electron chi connectivity index (χ0n) is 18.2. The van der Waals surface area contributed by atoms with Crippen LogP contribution in [0.25, 0.3) is 85.2 Å². The minimum Gasteiger partial charge on any atom is -0.207 e. The normalized spacial score (nSPS) is 12.9. The van der Waals surface area contributed by atoms with Gasteiger partial charge in [-0.25, -0.2) is 8.78 Å². The Morgan fingerprint density at radius 1 is 0.429 bits per heavy atom. The van der Waals surface area contributed by atoms with E-state index >= 15 is 0 Å². The molecule has 9 rings (SSSR count). The minimum atomic E-state index is -0.216. The van der Waals surface area contributed by atoms with Crippen molar-refractivity contribution in [1.82, 2.24) is 0 Å². The standard InChI is InChI=1S/C32H14F2S/c33-18-5-1-15(2-6-18)27-14-25-22-9-4-16-11-24-20-10-7-19(34)13-23(20)21-8-3-17-12-26(32(25)35-27)31(22)29(16)28(17)30(21)24/h1-14H. The fourth-order valence-electron chi connectivity index (χ4n) is 6.39. The van der Waals surface area contributed by atoms with Gasteiger partial charge in [0.2, 0.25) is 0 Å². The molecule has 0 nitrogen and oxygen atoms in total. The largest absolute Gasteiger partial charge is 0.207 e. The number of hydrogen-bond acceptors (Lipinski definition) is 1. The van der Waals surface area contributed by atoms with Gasteiger partial charge in [-0.2, -0.15) is 0 Å². The van der Waals surface area contributed by atoms with Crippen molar-refractivity contribution in [2.45, 2.75) is 0 Å². The highest BCUT2D eigenvalue weighted by atomic mass is 32.1. The highest BCUT2D eigenvalue weighted by Crippen LogP contribution is 2.52. The van der Waals surface area contributed by atoms with Gasteiger partial charge in [0, 0.05) is 20.3 Å². The van der Waals surface area contributed by atoms with Crippen molar-refractivity contribution in [1.29, 1.82) is 0 Å². The van der Waals surface area contributed by atoms with Gasteiger partial charge in [-0.3, -0.25) is 0 Å². The molecule has 0 N–H and O–H groups in total. The monoisotopic (exact) mass is 468 g/mol. The summed E-state index contributed by atoms with van der Waals surface area (Å²) in [6.07, 6.45) is 0. The second-order valence-electron chi connectivity index (χ2n) is 9.57. The molecule has 3 heteroatoms. The Morgan fingerprint density at radius 2 is 1.06 bits per heavy atom. The summed E-state index contributed by atoms with van der Waals surface area (Å²) >= 11 is 1.78. The summed E-state index contributed by atoms with van der Waals surface area (Å²) < 4.78 is 28.9. The lowest BCUT2D eigenvalue weighted by atomic mass is 9.90. The van der Waals surface area contributed by atoms with Crippen LogP contribution in [0.1, 0.15) is 0 Å². The van der Waals surface area contributed by atoms with Gasteiger partial charge in [-0.15, -0.1) is 11.3 Å². The highest BCUT2D eigenvalue weighted by molar-refractivity contribution is 7.23. The molecule has 35 heavy (non-hydrogen) atoms. The number of rotatable bonds is 1. The molecule has 0 saturated carbocycles. The lowest BCUT2D eigenvalue weighted by Crippen LogP contribution is -1.84. The van der Waals surface area contributed by atoms with Crippen molar-refractivity contribution in [3.63, 3.8) is 0 Å². The number of hydrogen-bond donors (Lipinski definition) is 0. The van der Waals surface area contributed by atoms with Gasteiger partial charge in [0.1, 0.15) is 11.6 Å². The quantitative estimate of drug-likeness (QED) is 0.210. The first-order valence-corrected chi connectivity index (χ1v) is 12.5. The third-order valence-electron chi connectivity index (χ3n) is 7.82. The van der Waals surface area contributed by atoms with E-state index in [-0.39, 0.29) is 11.6 Å². The van der Waals surface area contributed by atoms with E-state index in [0.717, 1.165) is 26.6 Å². The molecule has 0 amide bonds. The van der Waals surface area contributed by atoms with Gasteiger partial charge in [-0.1, -0.05) is 42.5 Å². The maximum Gasteiger partial charge on any atom is 0.123 e. The molecule has 1 aromatic heterocycles. The Morgan fingerprint density at radius 3 is 1.83 bits per heavy atom. The van der Waals surface area contributed by atoms with Crippen LogP contribution >= 0.6 is 11.3 Å². The fraction of sp³-hybridized carbons (Fsp3) is 0. The smallest absolute Gasteiger partial charge is 0.123 e. The summed E-state index contributed by atoms with van der Waals surface area (Å²) in [5.41, 5.74) is 1.04. The van der Waals surface area contributed by atoms with E-state index in [0.29, 0.717) is 0 Å². The summed E-state index contributed by atoms with van der Waals surface area (Å²) in [7, 11) is 0. The van der Waals surface area contributed by atoms with Gasteiger partial charge in [0.05, 0.1) is 0 Å². The molecule has 0 spiro atoms. The molecule has 0 unspecified atom stereocenters. The Bertz CT molecular complexity index is 2270. The average Bonchev–Trinajstić information content (AvgIpc) is 3.52. The Kier molecular flexibility index (Phi) is 3.10. The first-order chi connectivity index (χ1) is 17.2. The van der Waals surface area contributed by atoms with Gasteiger partial charge in [-0.05, 0) is 107 Å². The lowest BCUT2D eigenvalue weighted by molar-refractivity contribution is 0.628. The minimum absolute atomic E-state index is 0.199. The summed E-state index contributed by atoms with van der Waals surface area (Å²) in [4.78, 5) is 1.15. The number of fused-ring (bicyclic) bond motifs is 6. The molecule has 0 atom stereocenters. The molecular weight excluding hydrogens is 454 g/mol. The van der Waals surface area contributed by atoms with E-state index in [1.165, 1.54) is 70.7 Å². The van der Waals surface area contributed by atoms with Crippen molar-refractivity contribution < 1.29 is 8.78 Å². The Balaban J connectivity index is 1.48. The number of thiophene rings is 1. The Labute approximate surface area is 201 Å². The molecule has 0 aliphatic heterocycles. The molecule has 0 aliphatic carbocycles. The molecule has 9 aromatic rings. The second kappa shape index (κ2) is 5.94. The second-order valence-corrected chi connectivity index (χ2v) is 10.6. The fourth-order valence-corrected chi connectivity index (χ4v) is 7.59. The van der Waals surface area contributed by atoms with Crippen molar-refractivity contribution in [3.05, 3.63) is 96.6 Å². The van der Waals surface area contributed by atoms with E-state index in [2.05, 4.69) is 42.5 Å². The zero-order valence-corrected chi connectivity index (χ0v) is 19.1. The molecule has 0 fully saturated rings. The third kappa shape index (κ3) is 2.12. The van der Waals surface area contributed by atoms with E-state index in [4.69, 9.17) is 0 Å². The van der Waals surface area contributed by atoms with Crippen LogP contribution in [0.4, 0.5) is 8.78 Å². The SMILES string of the molecule is Fc1ccc(-c2cc3c4ccc5cc6c7ccc(F)cc7c7ccc8cc(c3s2)c4c5c8c76)cc1. The molecule has 0 bridgehead atoms. The maximum atomic E-state index is 14.2. The predicted octanol–water partition coefficient (Wildman–Crippen LogP) is 10.1. The van der Waals surface area contributed by atoms with Crippen molar-refractivity contribution in [2.24, 2.45) is 0 Å². The molecule has 0 saturated heterocycles. The van der Waals surface area contributed by atoms with Crippen LogP contribution in [0.15, 0.2) is 84.9 Å². The van der Waals surface area contributed by atoms with Crippen LogP contribution in [-0.4, -0.2) is 0 Å². The average molecular weight is 469 g/mol. The van der Waals surface area contributed by atoms with Crippen LogP contribution in [0, 0.1) is 11.6 Å². The van der Waals surface area contributed by atoms with E-state index in [9.17, 15) is 8.78 Å². The topological polar surface area (TPSA) is 0 Å². The van der Waals surface area contributed by atoms with Crippen molar-refractivity contribution >= 4 is 86.1 Å². The first kappa shape index (κ1) is 18.3. The van der Waals surface area contributed by atoms with Gasteiger partial charge < -0.3 is 0 Å². The summed E-state index contributed by atoms with van der Waals surface area (Å²) in [5, 5.41) is 15.8. The summed E-state index contributed by atoms with van der Waals surface area (Å²) in [6.45, 7) is 0.